The van der Waals surface area contributed by atoms with E-state index in [1.807, 2.05) is 11.8 Å². The smallest absolute Gasteiger partial charge is 0.224 e. The summed E-state index contributed by atoms with van der Waals surface area (Å²) in [6.45, 7) is 6.51. The van der Waals surface area contributed by atoms with E-state index in [1.165, 1.54) is 0 Å². The van der Waals surface area contributed by atoms with Crippen LogP contribution in [0.25, 0.3) is 0 Å². The zero-order chi connectivity index (χ0) is 12.7. The van der Waals surface area contributed by atoms with Gasteiger partial charge in [-0.25, -0.2) is 0 Å². The molecule has 4 nitrogen and oxygen atoms in total. The molecule has 0 aromatic heterocycles. The first kappa shape index (κ1) is 17.7. The van der Waals surface area contributed by atoms with Gasteiger partial charge in [-0.05, 0) is 32.6 Å². The quantitative estimate of drug-likeness (QED) is 0.836. The third kappa shape index (κ3) is 6.57. The molecule has 1 heterocycles. The number of amides is 1. The number of rotatable bonds is 5. The maximum Gasteiger partial charge on any atom is 0.224 e. The van der Waals surface area contributed by atoms with Crippen LogP contribution in [0.3, 0.4) is 0 Å². The number of carbonyl (C=O) groups excluding carboxylic acids is 1. The first-order chi connectivity index (χ1) is 8.13. The molecule has 0 aromatic rings. The van der Waals surface area contributed by atoms with Gasteiger partial charge in [0.05, 0.1) is 6.10 Å². The Morgan fingerprint density at radius 3 is 2.78 bits per heavy atom. The molecular formula is C13H27ClN2O2. The van der Waals surface area contributed by atoms with Crippen LogP contribution in [0.4, 0.5) is 0 Å². The average molecular weight is 279 g/mol. The lowest BCUT2D eigenvalue weighted by molar-refractivity contribution is -0.131. The monoisotopic (exact) mass is 278 g/mol. The van der Waals surface area contributed by atoms with Crippen molar-refractivity contribution in [2.75, 3.05) is 19.7 Å². The molecular weight excluding hydrogens is 252 g/mol. The van der Waals surface area contributed by atoms with Crippen molar-refractivity contribution in [3.8, 4) is 0 Å². The zero-order valence-corrected chi connectivity index (χ0v) is 12.4. The number of carbonyl (C=O) groups is 1. The molecule has 1 amide bonds. The summed E-state index contributed by atoms with van der Waals surface area (Å²) in [5.74, 6) is 0.191. The Balaban J connectivity index is 0.00000289. The van der Waals surface area contributed by atoms with E-state index in [2.05, 4.69) is 6.92 Å². The molecule has 0 aliphatic carbocycles. The predicted molar refractivity (Wildman–Crippen MR) is 76.0 cm³/mol. The van der Waals surface area contributed by atoms with E-state index < -0.39 is 0 Å². The van der Waals surface area contributed by atoms with Crippen LogP contribution < -0.4 is 5.73 Å². The Bertz CT molecular complexity index is 237. The van der Waals surface area contributed by atoms with Crippen LogP contribution in [0.2, 0.25) is 0 Å². The largest absolute Gasteiger partial charge is 0.378 e. The Kier molecular flexibility index (Phi) is 9.42. The lowest BCUT2D eigenvalue weighted by atomic mass is 10.1. The number of hydrogen-bond donors (Lipinski definition) is 1. The molecule has 0 bridgehead atoms. The topological polar surface area (TPSA) is 55.6 Å². The van der Waals surface area contributed by atoms with E-state index in [9.17, 15) is 4.79 Å². The van der Waals surface area contributed by atoms with Crippen molar-refractivity contribution in [2.45, 2.75) is 58.1 Å². The first-order valence-corrected chi connectivity index (χ1v) is 6.78. The fraction of sp³-hybridized carbons (Fsp3) is 0.923. The van der Waals surface area contributed by atoms with E-state index in [0.717, 1.165) is 45.4 Å². The summed E-state index contributed by atoms with van der Waals surface area (Å²) in [7, 11) is 0. The SMILES string of the molecule is CCCOC1CCCN(C(=O)CC(C)N)CC1.Cl. The van der Waals surface area contributed by atoms with E-state index in [0.29, 0.717) is 12.5 Å². The highest BCUT2D eigenvalue weighted by Crippen LogP contribution is 2.15. The van der Waals surface area contributed by atoms with Crippen LogP contribution in [-0.2, 0) is 9.53 Å². The fourth-order valence-electron chi connectivity index (χ4n) is 2.17. The molecule has 1 aliphatic heterocycles. The van der Waals surface area contributed by atoms with Gasteiger partial charge in [-0.1, -0.05) is 6.92 Å². The summed E-state index contributed by atoms with van der Waals surface area (Å²) in [6, 6.07) is -0.0436. The van der Waals surface area contributed by atoms with E-state index in [4.69, 9.17) is 10.5 Å². The van der Waals surface area contributed by atoms with Gasteiger partial charge < -0.3 is 15.4 Å². The second-order valence-corrected chi connectivity index (χ2v) is 4.99. The van der Waals surface area contributed by atoms with Crippen molar-refractivity contribution in [1.82, 2.24) is 4.90 Å². The van der Waals surface area contributed by atoms with Crippen molar-refractivity contribution < 1.29 is 9.53 Å². The van der Waals surface area contributed by atoms with E-state index in [1.54, 1.807) is 0 Å². The molecule has 1 saturated heterocycles. The highest BCUT2D eigenvalue weighted by atomic mass is 35.5. The molecule has 0 spiro atoms. The van der Waals surface area contributed by atoms with E-state index >= 15 is 0 Å². The Morgan fingerprint density at radius 1 is 1.44 bits per heavy atom. The van der Waals surface area contributed by atoms with Gasteiger partial charge in [-0.3, -0.25) is 4.79 Å². The van der Waals surface area contributed by atoms with Crippen molar-refractivity contribution in [2.24, 2.45) is 5.73 Å². The van der Waals surface area contributed by atoms with Gasteiger partial charge >= 0.3 is 0 Å². The molecule has 1 rings (SSSR count). The second-order valence-electron chi connectivity index (χ2n) is 4.99. The average Bonchev–Trinajstić information content (AvgIpc) is 2.50. The maximum absolute atomic E-state index is 11.9. The number of ether oxygens (including phenoxy) is 1. The summed E-state index contributed by atoms with van der Waals surface area (Å²) in [6.07, 6.45) is 4.93. The van der Waals surface area contributed by atoms with Crippen LogP contribution in [0.1, 0.15) is 46.0 Å². The molecule has 18 heavy (non-hydrogen) atoms. The summed E-state index contributed by atoms with van der Waals surface area (Å²) in [4.78, 5) is 13.8. The predicted octanol–water partition coefficient (Wildman–Crippen LogP) is 1.95. The highest BCUT2D eigenvalue weighted by Gasteiger charge is 2.21. The van der Waals surface area contributed by atoms with Gasteiger partial charge in [0.1, 0.15) is 0 Å². The van der Waals surface area contributed by atoms with Crippen LogP contribution in [0.15, 0.2) is 0 Å². The molecule has 2 N–H and O–H groups in total. The molecule has 2 atom stereocenters. The lowest BCUT2D eigenvalue weighted by Crippen LogP contribution is -2.35. The molecule has 0 aromatic carbocycles. The van der Waals surface area contributed by atoms with Crippen molar-refractivity contribution in [3.63, 3.8) is 0 Å². The lowest BCUT2D eigenvalue weighted by Gasteiger charge is -2.21. The van der Waals surface area contributed by atoms with Gasteiger partial charge in [-0.2, -0.15) is 0 Å². The maximum atomic E-state index is 11.9. The highest BCUT2D eigenvalue weighted by molar-refractivity contribution is 5.85. The summed E-state index contributed by atoms with van der Waals surface area (Å²) < 4.78 is 5.76. The minimum Gasteiger partial charge on any atom is -0.378 e. The molecule has 2 unspecified atom stereocenters. The summed E-state index contributed by atoms with van der Waals surface area (Å²) in [5.41, 5.74) is 5.66. The normalized spacial score (nSPS) is 21.9. The minimum absolute atomic E-state index is 0. The standard InChI is InChI=1S/C13H26N2O2.ClH/c1-3-9-17-12-5-4-7-15(8-6-12)13(16)10-11(2)14;/h11-12H,3-10,14H2,1-2H3;1H. The van der Waals surface area contributed by atoms with Gasteiger partial charge in [0.2, 0.25) is 5.91 Å². The zero-order valence-electron chi connectivity index (χ0n) is 11.6. The minimum atomic E-state index is -0.0436. The van der Waals surface area contributed by atoms with Crippen LogP contribution in [0, 0.1) is 0 Å². The number of nitrogens with two attached hydrogens (primary N) is 1. The Morgan fingerprint density at radius 2 is 2.17 bits per heavy atom. The molecule has 5 heteroatoms. The van der Waals surface area contributed by atoms with Gasteiger partial charge in [0, 0.05) is 32.2 Å². The van der Waals surface area contributed by atoms with Crippen LogP contribution in [-0.4, -0.2) is 42.6 Å². The van der Waals surface area contributed by atoms with E-state index in [-0.39, 0.29) is 24.4 Å². The molecule has 0 saturated carbocycles. The van der Waals surface area contributed by atoms with Gasteiger partial charge in [0.15, 0.2) is 0 Å². The third-order valence-electron chi connectivity index (χ3n) is 3.08. The van der Waals surface area contributed by atoms with Crippen molar-refractivity contribution in [3.05, 3.63) is 0 Å². The van der Waals surface area contributed by atoms with Crippen molar-refractivity contribution >= 4 is 18.3 Å². The summed E-state index contributed by atoms with van der Waals surface area (Å²) >= 11 is 0. The second kappa shape index (κ2) is 9.59. The third-order valence-corrected chi connectivity index (χ3v) is 3.08. The Hall–Kier alpha value is -0.320. The molecule has 0 radical (unpaired) electrons. The number of nitrogens with zero attached hydrogens (tertiary/aromatic N) is 1. The van der Waals surface area contributed by atoms with Crippen LogP contribution in [0.5, 0.6) is 0 Å². The van der Waals surface area contributed by atoms with Crippen molar-refractivity contribution in [1.29, 1.82) is 0 Å². The Labute approximate surface area is 117 Å². The molecule has 108 valence electrons. The number of hydrogen-bond acceptors (Lipinski definition) is 3. The van der Waals surface area contributed by atoms with Crippen LogP contribution >= 0.6 is 12.4 Å². The molecule has 1 fully saturated rings. The molecule has 1 aliphatic rings. The van der Waals surface area contributed by atoms with Gasteiger partial charge in [0.25, 0.3) is 0 Å². The number of halogens is 1. The summed E-state index contributed by atoms with van der Waals surface area (Å²) in [5, 5.41) is 0. The number of likely N-dealkylation sites (tertiary alicyclic amines) is 1. The first-order valence-electron chi connectivity index (χ1n) is 6.78. The van der Waals surface area contributed by atoms with Gasteiger partial charge in [-0.15, -0.1) is 12.4 Å². The fourth-order valence-corrected chi connectivity index (χ4v) is 2.17.